The van der Waals surface area contributed by atoms with E-state index >= 15 is 0 Å². The number of Topliss-reactive ketones (excluding diaryl/α,β-unsaturated/α-hetero) is 2. The van der Waals surface area contributed by atoms with Gasteiger partial charge in [0.2, 0.25) is 5.78 Å². The van der Waals surface area contributed by atoms with Gasteiger partial charge >= 0.3 is 6.09 Å². The number of ketones is 2. The van der Waals surface area contributed by atoms with Gasteiger partial charge in [-0.25, -0.2) is 4.79 Å². The summed E-state index contributed by atoms with van der Waals surface area (Å²) >= 11 is 0. The molecule has 0 saturated carbocycles. The Balaban J connectivity index is 1.96. The molecule has 8 nitrogen and oxygen atoms in total. The number of hydrogen-bond acceptors (Lipinski definition) is 7. The highest BCUT2D eigenvalue weighted by Crippen LogP contribution is 2.34. The summed E-state index contributed by atoms with van der Waals surface area (Å²) in [5, 5.41) is 2.74. The first kappa shape index (κ1) is 25.1. The van der Waals surface area contributed by atoms with E-state index in [1.54, 1.807) is 26.8 Å². The lowest BCUT2D eigenvalue weighted by Crippen LogP contribution is -2.35. The highest BCUT2D eigenvalue weighted by molar-refractivity contribution is 6.17. The van der Waals surface area contributed by atoms with Gasteiger partial charge < -0.3 is 18.9 Å². The van der Waals surface area contributed by atoms with Gasteiger partial charge in [0.1, 0.15) is 29.3 Å². The maximum atomic E-state index is 13.1. The van der Waals surface area contributed by atoms with Crippen LogP contribution >= 0.6 is 0 Å². The number of ether oxygens (including phenoxy) is 4. The number of fused-ring (bicyclic) bond motifs is 2. The van der Waals surface area contributed by atoms with Crippen LogP contribution in [0, 0.1) is 5.92 Å². The number of alkyl carbamates (subject to hydrolysis) is 1. The molecule has 1 aliphatic heterocycles. The number of hydrogen-bond donors (Lipinski definition) is 1. The van der Waals surface area contributed by atoms with Crippen molar-refractivity contribution in [3.8, 4) is 0 Å². The van der Waals surface area contributed by atoms with E-state index in [2.05, 4.69) is 5.32 Å². The van der Waals surface area contributed by atoms with Crippen molar-refractivity contribution < 1.29 is 33.3 Å². The fourth-order valence-corrected chi connectivity index (χ4v) is 3.60. The van der Waals surface area contributed by atoms with Crippen LogP contribution in [-0.4, -0.2) is 36.5 Å². The molecule has 0 fully saturated rings. The zero-order chi connectivity index (χ0) is 25.2. The highest BCUT2D eigenvalue weighted by atomic mass is 16.6. The molecule has 0 aromatic heterocycles. The number of rotatable bonds is 5. The number of allylic oxidation sites excluding steroid dienone is 6. The average Bonchev–Trinajstić information content (AvgIpc) is 2.68. The van der Waals surface area contributed by atoms with Crippen LogP contribution in [0.1, 0.15) is 48.0 Å². The van der Waals surface area contributed by atoms with E-state index in [9.17, 15) is 14.4 Å². The lowest BCUT2D eigenvalue weighted by molar-refractivity contribution is -0.119. The maximum absolute atomic E-state index is 13.1. The third-order valence-electron chi connectivity index (χ3n) is 5.02. The van der Waals surface area contributed by atoms with Crippen LogP contribution in [0.5, 0.6) is 0 Å². The number of methoxy groups -OCH3 is 1. The molecule has 0 aromatic rings. The number of amides is 1. The van der Waals surface area contributed by atoms with E-state index in [1.807, 2.05) is 26.8 Å². The van der Waals surface area contributed by atoms with Crippen LogP contribution < -0.4 is 5.32 Å². The van der Waals surface area contributed by atoms with Gasteiger partial charge in [-0.15, -0.1) is 0 Å². The summed E-state index contributed by atoms with van der Waals surface area (Å²) in [6, 6.07) is 0. The summed E-state index contributed by atoms with van der Waals surface area (Å²) in [7, 11) is 1.35. The Bertz CT molecular complexity index is 1090. The molecular formula is C26H31NO7. The summed E-state index contributed by atoms with van der Waals surface area (Å²) in [6.45, 7) is 11.0. The first-order valence-corrected chi connectivity index (χ1v) is 11.1. The van der Waals surface area contributed by atoms with E-state index in [1.165, 1.54) is 25.7 Å². The van der Waals surface area contributed by atoms with E-state index < -0.39 is 23.6 Å². The molecule has 8 heteroatoms. The molecule has 1 N–H and O–H groups in total. The lowest BCUT2D eigenvalue weighted by atomic mass is 9.91. The van der Waals surface area contributed by atoms with Gasteiger partial charge in [-0.05, 0) is 57.4 Å². The van der Waals surface area contributed by atoms with Crippen molar-refractivity contribution >= 4 is 17.7 Å². The third kappa shape index (κ3) is 5.68. The molecule has 2 aliphatic carbocycles. The monoisotopic (exact) mass is 469 g/mol. The van der Waals surface area contributed by atoms with Crippen LogP contribution in [0.15, 0.2) is 70.3 Å². The molecule has 0 radical (unpaired) electrons. The van der Waals surface area contributed by atoms with Gasteiger partial charge in [0.25, 0.3) is 0 Å². The Kier molecular flexibility index (Phi) is 7.19. The molecule has 3 aliphatic rings. The summed E-state index contributed by atoms with van der Waals surface area (Å²) in [5.74, 6) is -0.487. The van der Waals surface area contributed by atoms with Crippen molar-refractivity contribution in [3.05, 3.63) is 70.3 Å². The quantitative estimate of drug-likeness (QED) is 0.632. The Morgan fingerprint density at radius 1 is 1.18 bits per heavy atom. The summed E-state index contributed by atoms with van der Waals surface area (Å²) < 4.78 is 22.4. The summed E-state index contributed by atoms with van der Waals surface area (Å²) in [5.41, 5.74) is 1.44. The minimum Gasteiger partial charge on any atom is -0.492 e. The zero-order valence-corrected chi connectivity index (χ0v) is 20.6. The minimum atomic E-state index is -0.666. The second-order valence-corrected chi connectivity index (χ2v) is 9.68. The normalized spacial score (nSPS) is 20.1. The Morgan fingerprint density at radius 2 is 1.88 bits per heavy atom. The van der Waals surface area contributed by atoms with Crippen molar-refractivity contribution in [2.24, 2.45) is 5.92 Å². The first-order valence-electron chi connectivity index (χ1n) is 11.1. The summed E-state index contributed by atoms with van der Waals surface area (Å²) in [6.07, 6.45) is 6.83. The van der Waals surface area contributed by atoms with E-state index in [4.69, 9.17) is 18.9 Å². The fraction of sp³-hybridized carbons (Fsp3) is 0.423. The molecule has 1 atom stereocenters. The molecule has 0 bridgehead atoms. The molecule has 3 rings (SSSR count). The standard InChI is InChI=1S/C26H31NO7/c1-14(2)8-20(28)16-11-22-18(23(29)24(16)31-7)13-33-21-10-15(3)9-19(17(21)12-32-22)27-25(30)34-26(4,5)6/h9-14,21H,8H2,1-7H3,(H,27,30). The van der Waals surface area contributed by atoms with Crippen LogP contribution in [0.25, 0.3) is 0 Å². The van der Waals surface area contributed by atoms with Crippen molar-refractivity contribution in [2.45, 2.75) is 59.7 Å². The van der Waals surface area contributed by atoms with E-state index in [-0.39, 0.29) is 40.8 Å². The molecule has 0 spiro atoms. The lowest BCUT2D eigenvalue weighted by Gasteiger charge is -2.28. The van der Waals surface area contributed by atoms with Gasteiger partial charge in [0.15, 0.2) is 11.5 Å². The van der Waals surface area contributed by atoms with Crippen molar-refractivity contribution in [3.63, 3.8) is 0 Å². The van der Waals surface area contributed by atoms with Crippen LogP contribution in [0.3, 0.4) is 0 Å². The Morgan fingerprint density at radius 3 is 2.50 bits per heavy atom. The predicted octanol–water partition coefficient (Wildman–Crippen LogP) is 4.52. The highest BCUT2D eigenvalue weighted by Gasteiger charge is 2.34. The predicted molar refractivity (Wildman–Crippen MR) is 125 cm³/mol. The minimum absolute atomic E-state index is 0.0415. The third-order valence-corrected chi connectivity index (χ3v) is 5.02. The second kappa shape index (κ2) is 9.75. The second-order valence-electron chi connectivity index (χ2n) is 9.68. The summed E-state index contributed by atoms with van der Waals surface area (Å²) in [4.78, 5) is 38.2. The fourth-order valence-electron chi connectivity index (χ4n) is 3.60. The topological polar surface area (TPSA) is 100 Å². The molecule has 0 aromatic carbocycles. The molecule has 1 amide bonds. The van der Waals surface area contributed by atoms with E-state index in [0.717, 1.165) is 5.57 Å². The van der Waals surface area contributed by atoms with Crippen LogP contribution in [0.2, 0.25) is 0 Å². The first-order chi connectivity index (χ1) is 15.9. The maximum Gasteiger partial charge on any atom is 0.412 e. The van der Waals surface area contributed by atoms with Gasteiger partial charge in [-0.2, -0.15) is 0 Å². The number of carbonyl (C=O) groups is 3. The van der Waals surface area contributed by atoms with Crippen LogP contribution in [-0.2, 0) is 28.5 Å². The molecule has 1 heterocycles. The molecular weight excluding hydrogens is 438 g/mol. The van der Waals surface area contributed by atoms with Crippen LogP contribution in [0.4, 0.5) is 4.79 Å². The van der Waals surface area contributed by atoms with Gasteiger partial charge in [-0.1, -0.05) is 13.8 Å². The van der Waals surface area contributed by atoms with Crippen molar-refractivity contribution in [1.29, 1.82) is 0 Å². The largest absolute Gasteiger partial charge is 0.492 e. The Labute approximate surface area is 199 Å². The smallest absolute Gasteiger partial charge is 0.412 e. The molecule has 182 valence electrons. The van der Waals surface area contributed by atoms with Gasteiger partial charge in [0.05, 0.1) is 30.2 Å². The Hall–Kier alpha value is -3.55. The van der Waals surface area contributed by atoms with Crippen molar-refractivity contribution in [2.75, 3.05) is 7.11 Å². The van der Waals surface area contributed by atoms with Gasteiger partial charge in [0, 0.05) is 6.42 Å². The van der Waals surface area contributed by atoms with Crippen molar-refractivity contribution in [1.82, 2.24) is 5.32 Å². The molecule has 1 unspecified atom stereocenters. The van der Waals surface area contributed by atoms with E-state index in [0.29, 0.717) is 11.3 Å². The van der Waals surface area contributed by atoms with Gasteiger partial charge in [-0.3, -0.25) is 14.9 Å². The number of carbonyl (C=O) groups excluding carboxylic acids is 3. The SMILES string of the molecule is COC1=C(C(=O)CC(C)C)C=C2OC=C3C(NC(=O)OC(C)(C)C)=CC(C)=CC3OC=C2C1=O. The number of nitrogens with one attached hydrogen (secondary N) is 1. The average molecular weight is 470 g/mol. The molecule has 0 saturated heterocycles. The molecule has 34 heavy (non-hydrogen) atoms. The zero-order valence-electron chi connectivity index (χ0n) is 20.6.